The Balaban J connectivity index is 0.00000205. The van der Waals surface area contributed by atoms with E-state index in [1.807, 2.05) is 25.1 Å². The molecule has 1 atom stereocenters. The minimum atomic E-state index is -3.71. The fraction of sp³-hybridized carbons (Fsp3) is 0.379. The van der Waals surface area contributed by atoms with Crippen LogP contribution in [0.4, 0.5) is 8.78 Å². The van der Waals surface area contributed by atoms with Crippen LogP contribution in [0, 0.1) is 12.3 Å². The molecule has 2 aliphatic rings. The van der Waals surface area contributed by atoms with Crippen LogP contribution in [0.5, 0.6) is 11.5 Å². The van der Waals surface area contributed by atoms with Gasteiger partial charge in [0.1, 0.15) is 5.78 Å². The topological polar surface area (TPSA) is 137 Å². The van der Waals surface area contributed by atoms with Crippen molar-refractivity contribution in [1.82, 2.24) is 4.98 Å². The third-order valence-corrected chi connectivity index (χ3v) is 9.12. The van der Waals surface area contributed by atoms with Crippen molar-refractivity contribution >= 4 is 16.6 Å². The number of pyridine rings is 1. The number of benzene rings is 2. The van der Waals surface area contributed by atoms with Crippen LogP contribution in [0.3, 0.4) is 0 Å². The van der Waals surface area contributed by atoms with Crippen LogP contribution in [-0.4, -0.2) is 55.9 Å². The molecule has 2 heterocycles. The molecule has 0 radical (unpaired) electrons. The second-order valence-electron chi connectivity index (χ2n) is 10.6. The Morgan fingerprint density at radius 1 is 1.05 bits per heavy atom. The molecule has 1 aliphatic heterocycles. The highest BCUT2D eigenvalue weighted by atomic mass is 32.2. The summed E-state index contributed by atoms with van der Waals surface area (Å²) in [4.78, 5) is 18.7. The number of aryl methyl sites for hydroxylation is 1. The van der Waals surface area contributed by atoms with E-state index < -0.39 is 27.9 Å². The van der Waals surface area contributed by atoms with E-state index in [0.29, 0.717) is 34.7 Å². The zero-order valence-corrected chi connectivity index (χ0v) is 22.9. The Labute approximate surface area is 235 Å². The van der Waals surface area contributed by atoms with Crippen LogP contribution in [0.15, 0.2) is 59.5 Å². The zero-order chi connectivity index (χ0) is 28.0. The molecule has 5 rings (SSSR count). The molecule has 0 bridgehead atoms. The van der Waals surface area contributed by atoms with E-state index in [-0.39, 0.29) is 51.0 Å². The van der Waals surface area contributed by atoms with Gasteiger partial charge in [0.05, 0.1) is 35.1 Å². The Morgan fingerprint density at radius 2 is 1.70 bits per heavy atom. The summed E-state index contributed by atoms with van der Waals surface area (Å²) in [5, 5.41) is 19.0. The summed E-state index contributed by atoms with van der Waals surface area (Å²) < 4.78 is 48.7. The standard InChI is InChI=1S/C29H29F2NO6S.H2O.2H2/c1-18-3-7-21(32-26(18)19-4-8-22(9-5-19)39(36)17-27(2,15-33)16-34)14-25(35)28(11-12-28)20-6-10-23-24(13-20)38-29(30,31)37-23;;;/h3-10,13,33-34H,11-12,14-17H2,1-2H3;1H2;2*1H. The van der Waals surface area contributed by atoms with E-state index in [1.54, 1.807) is 31.2 Å². The number of rotatable bonds is 10. The Hall–Kier alpha value is -3.25. The molecular weight excluding hydrogens is 544 g/mol. The Bertz CT molecular complexity index is 1450. The number of ketones is 1. The number of hydrogen-bond donors (Lipinski definition) is 2. The first-order valence-electron chi connectivity index (χ1n) is 12.6. The third-order valence-electron chi connectivity index (χ3n) is 7.37. The van der Waals surface area contributed by atoms with Gasteiger partial charge in [0.25, 0.3) is 0 Å². The van der Waals surface area contributed by atoms with Gasteiger partial charge in [-0.15, -0.1) is 8.78 Å². The highest BCUT2D eigenvalue weighted by Gasteiger charge is 2.52. The van der Waals surface area contributed by atoms with Crippen LogP contribution in [0.2, 0.25) is 0 Å². The lowest BCUT2D eigenvalue weighted by Crippen LogP contribution is -2.32. The summed E-state index contributed by atoms with van der Waals surface area (Å²) in [5.74, 6) is -0.0459. The number of alkyl halides is 2. The zero-order valence-electron chi connectivity index (χ0n) is 22.1. The average Bonchev–Trinajstić information content (AvgIpc) is 3.66. The quantitative estimate of drug-likeness (QED) is 0.371. The highest BCUT2D eigenvalue weighted by Crippen LogP contribution is 2.52. The second-order valence-corrected chi connectivity index (χ2v) is 12.1. The molecule has 40 heavy (non-hydrogen) atoms. The van der Waals surface area contributed by atoms with Gasteiger partial charge in [-0.2, -0.15) is 0 Å². The Kier molecular flexibility index (Phi) is 8.15. The minimum absolute atomic E-state index is 0. The minimum Gasteiger partial charge on any atom is -0.412 e. The molecule has 0 spiro atoms. The fourth-order valence-corrected chi connectivity index (χ4v) is 6.12. The third kappa shape index (κ3) is 5.78. The second kappa shape index (κ2) is 11.0. The Morgan fingerprint density at radius 3 is 2.33 bits per heavy atom. The number of halogens is 2. The highest BCUT2D eigenvalue weighted by molar-refractivity contribution is 7.85. The van der Waals surface area contributed by atoms with Crippen LogP contribution >= 0.6 is 0 Å². The monoisotopic (exact) mass is 579 g/mol. The maximum atomic E-state index is 13.4. The van der Waals surface area contributed by atoms with E-state index in [4.69, 9.17) is 4.98 Å². The number of fused-ring (bicyclic) bond motifs is 1. The van der Waals surface area contributed by atoms with Crippen molar-refractivity contribution in [3.63, 3.8) is 0 Å². The molecule has 3 aromatic rings. The fourth-order valence-electron chi connectivity index (χ4n) is 4.70. The average molecular weight is 580 g/mol. The maximum Gasteiger partial charge on any atom is 0.586 e. The van der Waals surface area contributed by atoms with Gasteiger partial charge in [-0.25, -0.2) is 0 Å². The lowest BCUT2D eigenvalue weighted by Gasteiger charge is -2.23. The summed E-state index contributed by atoms with van der Waals surface area (Å²) in [5.41, 5.74) is 2.02. The molecule has 218 valence electrons. The lowest BCUT2D eigenvalue weighted by atomic mass is 9.88. The van der Waals surface area contributed by atoms with Crippen LogP contribution in [0.25, 0.3) is 11.3 Å². The van der Waals surface area contributed by atoms with Gasteiger partial charge >= 0.3 is 6.29 Å². The molecule has 4 N–H and O–H groups in total. The van der Waals surface area contributed by atoms with Crippen LogP contribution in [-0.2, 0) is 27.4 Å². The maximum absolute atomic E-state index is 13.4. The predicted molar refractivity (Wildman–Crippen MR) is 148 cm³/mol. The molecule has 0 amide bonds. The smallest absolute Gasteiger partial charge is 0.412 e. The van der Waals surface area contributed by atoms with Gasteiger partial charge in [0.2, 0.25) is 0 Å². The van der Waals surface area contributed by atoms with Crippen molar-refractivity contribution in [1.29, 1.82) is 0 Å². The molecule has 1 unspecified atom stereocenters. The summed E-state index contributed by atoms with van der Waals surface area (Å²) in [6, 6.07) is 15.3. The lowest BCUT2D eigenvalue weighted by molar-refractivity contribution is -0.286. The van der Waals surface area contributed by atoms with E-state index in [0.717, 1.165) is 11.1 Å². The molecule has 8 nitrogen and oxygen atoms in total. The van der Waals surface area contributed by atoms with E-state index in [1.165, 1.54) is 12.1 Å². The van der Waals surface area contributed by atoms with Crippen molar-refractivity contribution in [3.8, 4) is 22.8 Å². The first-order valence-corrected chi connectivity index (χ1v) is 13.9. The predicted octanol–water partition coefficient (Wildman–Crippen LogP) is 3.99. The summed E-state index contributed by atoms with van der Waals surface area (Å²) in [6.45, 7) is 3.05. The first kappa shape index (κ1) is 29.7. The number of aliphatic hydroxyl groups is 2. The van der Waals surface area contributed by atoms with Crippen molar-refractivity contribution < 1.29 is 45.8 Å². The molecule has 1 aliphatic carbocycles. The molecule has 1 fully saturated rings. The van der Waals surface area contributed by atoms with Crippen molar-refractivity contribution in [2.75, 3.05) is 19.0 Å². The van der Waals surface area contributed by atoms with Gasteiger partial charge in [-0.05, 0) is 61.2 Å². The molecule has 1 aromatic heterocycles. The number of aromatic nitrogens is 1. The van der Waals surface area contributed by atoms with Gasteiger partial charge in [0, 0.05) is 36.6 Å². The largest absolute Gasteiger partial charge is 0.586 e. The molecule has 2 aromatic carbocycles. The number of nitrogens with zero attached hydrogens (tertiary/aromatic N) is 1. The van der Waals surface area contributed by atoms with Crippen molar-refractivity contribution in [3.05, 3.63) is 71.4 Å². The molecule has 1 saturated carbocycles. The number of carbonyl (C=O) groups is 1. The van der Waals surface area contributed by atoms with E-state index in [9.17, 15) is 28.0 Å². The number of hydrogen-bond acceptors (Lipinski definition) is 7. The van der Waals surface area contributed by atoms with Gasteiger partial charge in [0.15, 0.2) is 11.5 Å². The van der Waals surface area contributed by atoms with Gasteiger partial charge in [-0.1, -0.05) is 31.2 Å². The van der Waals surface area contributed by atoms with Gasteiger partial charge in [-0.3, -0.25) is 14.0 Å². The number of aliphatic hydroxyl groups excluding tert-OH is 2. The normalized spacial score (nSPS) is 17.1. The summed E-state index contributed by atoms with van der Waals surface area (Å²) >= 11 is 0. The number of carbonyl (C=O) groups excluding carboxylic acids is 1. The number of ether oxygens (including phenoxy) is 2. The van der Waals surface area contributed by atoms with Crippen LogP contribution in [0.1, 0.15) is 39.4 Å². The molecule has 0 saturated heterocycles. The van der Waals surface area contributed by atoms with Crippen LogP contribution < -0.4 is 9.47 Å². The van der Waals surface area contributed by atoms with Crippen molar-refractivity contribution in [2.45, 2.75) is 49.7 Å². The molecular formula is C29H35F2NO7S. The summed E-state index contributed by atoms with van der Waals surface area (Å²) in [7, 11) is -1.40. The van der Waals surface area contributed by atoms with E-state index in [2.05, 4.69) is 9.47 Å². The van der Waals surface area contributed by atoms with E-state index >= 15 is 0 Å². The van der Waals surface area contributed by atoms with Crippen molar-refractivity contribution in [2.24, 2.45) is 5.41 Å². The first-order chi connectivity index (χ1) is 18.5. The number of Topliss-reactive ketones (excluding diaryl/α,β-unsaturated/α-hetero) is 1. The van der Waals surface area contributed by atoms with Gasteiger partial charge < -0.3 is 25.2 Å². The molecule has 11 heteroatoms. The summed E-state index contributed by atoms with van der Waals surface area (Å²) in [6.07, 6.45) is -2.40. The SMILES string of the molecule is Cc1ccc(CC(=O)C2(c3ccc4c(c3)OC(F)(F)O4)CC2)nc1-c1ccc(S(=O)CC(C)(CO)CO)cc1.O.[HH].[HH].